The molecular formula is C21H13F4N5O2S. The van der Waals surface area contributed by atoms with Crippen LogP contribution in [0.2, 0.25) is 0 Å². The number of nitrogens with zero attached hydrogens (tertiary/aromatic N) is 3. The van der Waals surface area contributed by atoms with Gasteiger partial charge in [0.25, 0.3) is 11.8 Å². The van der Waals surface area contributed by atoms with E-state index in [4.69, 9.17) is 0 Å². The second-order valence-corrected chi connectivity index (χ2v) is 7.71. The lowest BCUT2D eigenvalue weighted by molar-refractivity contribution is -0.136. The summed E-state index contributed by atoms with van der Waals surface area (Å²) in [6, 6.07) is 11.2. The van der Waals surface area contributed by atoms with Crippen molar-refractivity contribution in [2.24, 2.45) is 0 Å². The third-order valence-corrected chi connectivity index (χ3v) is 5.49. The standard InChI is InChI=1S/C21H13F4N5O2S/c22-14-9-12(5-6-16(14)30-11-26-10-27-30)28-19(31)17-7-8-18(33-17)20(32)29-15-4-2-1-3-13(15)21(23,24)25/h1-11H,(H,28,31)(H,29,32). The Hall–Kier alpha value is -4.06. The van der Waals surface area contributed by atoms with Crippen LogP contribution in [0.3, 0.4) is 0 Å². The van der Waals surface area contributed by atoms with E-state index in [-0.39, 0.29) is 21.1 Å². The van der Waals surface area contributed by atoms with Gasteiger partial charge >= 0.3 is 6.18 Å². The van der Waals surface area contributed by atoms with E-state index in [2.05, 4.69) is 20.7 Å². The molecule has 7 nitrogen and oxygen atoms in total. The first-order valence-electron chi connectivity index (χ1n) is 9.25. The summed E-state index contributed by atoms with van der Waals surface area (Å²) >= 11 is 0.785. The van der Waals surface area contributed by atoms with Gasteiger partial charge in [-0.2, -0.15) is 18.3 Å². The second-order valence-electron chi connectivity index (χ2n) is 6.62. The molecule has 0 aliphatic heterocycles. The van der Waals surface area contributed by atoms with Crippen LogP contribution in [0.25, 0.3) is 5.69 Å². The quantitative estimate of drug-likeness (QED) is 0.398. The van der Waals surface area contributed by atoms with Gasteiger partial charge in [0, 0.05) is 5.69 Å². The number of hydrogen-bond donors (Lipinski definition) is 2. The number of amides is 2. The number of alkyl halides is 3. The monoisotopic (exact) mass is 475 g/mol. The van der Waals surface area contributed by atoms with Gasteiger partial charge in [-0.1, -0.05) is 12.1 Å². The number of thiophene rings is 1. The average molecular weight is 475 g/mol. The SMILES string of the molecule is O=C(Nc1ccc(-n2cncn2)c(F)c1)c1ccc(C(=O)Nc2ccccc2C(F)(F)F)s1. The Bertz CT molecular complexity index is 1320. The zero-order valence-electron chi connectivity index (χ0n) is 16.4. The molecule has 2 aromatic carbocycles. The first-order chi connectivity index (χ1) is 15.7. The minimum atomic E-state index is -4.64. The summed E-state index contributed by atoms with van der Waals surface area (Å²) in [5, 5.41) is 8.56. The zero-order valence-corrected chi connectivity index (χ0v) is 17.2. The van der Waals surface area contributed by atoms with Gasteiger partial charge in [-0.25, -0.2) is 14.1 Å². The van der Waals surface area contributed by atoms with E-state index in [1.54, 1.807) is 0 Å². The third-order valence-electron chi connectivity index (χ3n) is 4.41. The van der Waals surface area contributed by atoms with Gasteiger partial charge < -0.3 is 10.6 Å². The maximum absolute atomic E-state index is 14.3. The number of rotatable bonds is 5. The highest BCUT2D eigenvalue weighted by molar-refractivity contribution is 7.16. The molecule has 0 aliphatic carbocycles. The van der Waals surface area contributed by atoms with Crippen molar-refractivity contribution in [3.05, 3.63) is 88.4 Å². The highest BCUT2D eigenvalue weighted by Crippen LogP contribution is 2.35. The lowest BCUT2D eigenvalue weighted by Crippen LogP contribution is -2.15. The molecule has 2 heterocycles. The van der Waals surface area contributed by atoms with E-state index >= 15 is 0 Å². The van der Waals surface area contributed by atoms with Crippen LogP contribution in [0.4, 0.5) is 28.9 Å². The van der Waals surface area contributed by atoms with Crippen molar-refractivity contribution in [1.29, 1.82) is 0 Å². The normalized spacial score (nSPS) is 11.3. The number of carbonyl (C=O) groups is 2. The molecular weight excluding hydrogens is 462 g/mol. The number of anilines is 2. The Labute approximate surface area is 187 Å². The van der Waals surface area contributed by atoms with Crippen molar-refractivity contribution in [3.8, 4) is 5.69 Å². The summed E-state index contributed by atoms with van der Waals surface area (Å²) in [5.41, 5.74) is -1.07. The van der Waals surface area contributed by atoms with Crippen molar-refractivity contribution in [2.45, 2.75) is 6.18 Å². The topological polar surface area (TPSA) is 88.9 Å². The number of hydrogen-bond acceptors (Lipinski definition) is 5. The molecule has 0 aliphatic rings. The lowest BCUT2D eigenvalue weighted by Gasteiger charge is -2.12. The van der Waals surface area contributed by atoms with Gasteiger partial charge in [-0.15, -0.1) is 11.3 Å². The molecule has 0 atom stereocenters. The summed E-state index contributed by atoms with van der Waals surface area (Å²) in [5.74, 6) is -2.05. The molecule has 0 fully saturated rings. The number of halogens is 4. The van der Waals surface area contributed by atoms with Gasteiger partial charge in [0.05, 0.1) is 21.0 Å². The van der Waals surface area contributed by atoms with E-state index in [1.807, 2.05) is 0 Å². The van der Waals surface area contributed by atoms with Crippen molar-refractivity contribution in [2.75, 3.05) is 10.6 Å². The van der Waals surface area contributed by atoms with Crippen molar-refractivity contribution >= 4 is 34.5 Å². The van der Waals surface area contributed by atoms with E-state index in [0.717, 1.165) is 29.5 Å². The van der Waals surface area contributed by atoms with Crippen LogP contribution in [-0.4, -0.2) is 26.6 Å². The number of para-hydroxylation sites is 1. The summed E-state index contributed by atoms with van der Waals surface area (Å²) in [6.45, 7) is 0. The Morgan fingerprint density at radius 3 is 2.27 bits per heavy atom. The number of aromatic nitrogens is 3. The van der Waals surface area contributed by atoms with Crippen LogP contribution in [0, 0.1) is 5.82 Å². The summed E-state index contributed by atoms with van der Waals surface area (Å²) in [7, 11) is 0. The number of benzene rings is 2. The van der Waals surface area contributed by atoms with Crippen LogP contribution in [-0.2, 0) is 6.18 Å². The van der Waals surface area contributed by atoms with Gasteiger partial charge in [0.1, 0.15) is 18.3 Å². The van der Waals surface area contributed by atoms with Gasteiger partial charge in [0.2, 0.25) is 0 Å². The van der Waals surface area contributed by atoms with Crippen molar-refractivity contribution in [1.82, 2.24) is 14.8 Å². The molecule has 2 aromatic heterocycles. The number of nitrogens with one attached hydrogen (secondary N) is 2. The van der Waals surface area contributed by atoms with E-state index < -0.39 is 35.1 Å². The van der Waals surface area contributed by atoms with Crippen LogP contribution in [0.5, 0.6) is 0 Å². The van der Waals surface area contributed by atoms with E-state index in [1.165, 1.54) is 53.7 Å². The lowest BCUT2D eigenvalue weighted by atomic mass is 10.1. The van der Waals surface area contributed by atoms with E-state index in [9.17, 15) is 27.2 Å². The highest BCUT2D eigenvalue weighted by Gasteiger charge is 2.33. The fourth-order valence-electron chi connectivity index (χ4n) is 2.90. The Balaban J connectivity index is 1.46. The molecule has 0 saturated heterocycles. The van der Waals surface area contributed by atoms with Crippen LogP contribution in [0.1, 0.15) is 24.9 Å². The minimum absolute atomic E-state index is 0.0323. The minimum Gasteiger partial charge on any atom is -0.321 e. The first kappa shape index (κ1) is 22.1. The molecule has 0 bridgehead atoms. The fraction of sp³-hybridized carbons (Fsp3) is 0.0476. The van der Waals surface area contributed by atoms with Crippen LogP contribution < -0.4 is 10.6 Å². The Kier molecular flexibility index (Phi) is 5.92. The molecule has 2 N–H and O–H groups in total. The zero-order chi connectivity index (χ0) is 23.6. The Morgan fingerprint density at radius 2 is 1.64 bits per heavy atom. The maximum atomic E-state index is 14.3. The van der Waals surface area contributed by atoms with Crippen LogP contribution >= 0.6 is 11.3 Å². The van der Waals surface area contributed by atoms with E-state index in [0.29, 0.717) is 0 Å². The molecule has 0 unspecified atom stereocenters. The summed E-state index contributed by atoms with van der Waals surface area (Å²) in [6.07, 6.45) is -2.06. The molecule has 2 amide bonds. The molecule has 168 valence electrons. The summed E-state index contributed by atoms with van der Waals surface area (Å²) < 4.78 is 54.9. The molecule has 0 saturated carbocycles. The average Bonchev–Trinajstić information content (AvgIpc) is 3.46. The predicted octanol–water partition coefficient (Wildman–Crippen LogP) is 4.99. The number of carbonyl (C=O) groups excluding carboxylic acids is 2. The molecule has 4 rings (SSSR count). The largest absolute Gasteiger partial charge is 0.418 e. The maximum Gasteiger partial charge on any atom is 0.418 e. The predicted molar refractivity (Wildman–Crippen MR) is 113 cm³/mol. The Morgan fingerprint density at radius 1 is 0.939 bits per heavy atom. The first-order valence-corrected chi connectivity index (χ1v) is 10.1. The molecule has 0 spiro atoms. The van der Waals surface area contributed by atoms with Crippen molar-refractivity contribution in [3.63, 3.8) is 0 Å². The van der Waals surface area contributed by atoms with Gasteiger partial charge in [0.15, 0.2) is 5.82 Å². The van der Waals surface area contributed by atoms with Crippen molar-refractivity contribution < 1.29 is 27.2 Å². The highest BCUT2D eigenvalue weighted by atomic mass is 32.1. The summed E-state index contributed by atoms with van der Waals surface area (Å²) in [4.78, 5) is 28.8. The van der Waals surface area contributed by atoms with Gasteiger partial charge in [-0.3, -0.25) is 9.59 Å². The smallest absolute Gasteiger partial charge is 0.321 e. The second kappa shape index (κ2) is 8.82. The van der Waals surface area contributed by atoms with Gasteiger partial charge in [-0.05, 0) is 42.5 Å². The molecule has 33 heavy (non-hydrogen) atoms. The van der Waals surface area contributed by atoms with Crippen LogP contribution in [0.15, 0.2) is 67.3 Å². The third kappa shape index (κ3) is 4.90. The fourth-order valence-corrected chi connectivity index (χ4v) is 3.70. The molecule has 12 heteroatoms. The molecule has 0 radical (unpaired) electrons. The molecule has 4 aromatic rings.